The summed E-state index contributed by atoms with van der Waals surface area (Å²) in [6.07, 6.45) is 11.7. The molecule has 3 aromatic heterocycles. The van der Waals surface area contributed by atoms with E-state index < -0.39 is 0 Å². The first-order valence-corrected chi connectivity index (χ1v) is 9.43. The third-order valence-corrected chi connectivity index (χ3v) is 5.15. The summed E-state index contributed by atoms with van der Waals surface area (Å²) in [5, 5.41) is 3.99. The monoisotopic (exact) mass is 378 g/mol. The van der Waals surface area contributed by atoms with Crippen LogP contribution in [0.3, 0.4) is 0 Å². The van der Waals surface area contributed by atoms with Gasteiger partial charge in [0.05, 0.1) is 34.4 Å². The molecule has 0 bridgehead atoms. The number of carbonyl (C=O) groups excluding carboxylic acids is 1. The predicted octanol–water partition coefficient (Wildman–Crippen LogP) is 2.78. The highest BCUT2D eigenvalue weighted by molar-refractivity contribution is 5.94. The molecule has 0 spiro atoms. The number of amides is 1. The van der Waals surface area contributed by atoms with Crippen LogP contribution in [0.5, 0.6) is 0 Å². The minimum absolute atomic E-state index is 0.00124. The molecule has 1 unspecified atom stereocenters. The van der Waals surface area contributed by atoms with Crippen molar-refractivity contribution in [3.05, 3.63) is 53.8 Å². The van der Waals surface area contributed by atoms with E-state index in [1.807, 2.05) is 18.7 Å². The second-order valence-corrected chi connectivity index (χ2v) is 7.06. The molecule has 1 aliphatic heterocycles. The maximum atomic E-state index is 12.8. The second-order valence-electron chi connectivity index (χ2n) is 7.06. The van der Waals surface area contributed by atoms with Gasteiger partial charge >= 0.3 is 0 Å². The van der Waals surface area contributed by atoms with Gasteiger partial charge in [-0.2, -0.15) is 0 Å². The van der Waals surface area contributed by atoms with Gasteiger partial charge in [-0.05, 0) is 39.5 Å². The molecule has 0 N–H and O–H groups in total. The van der Waals surface area contributed by atoms with E-state index >= 15 is 0 Å². The van der Waals surface area contributed by atoms with Gasteiger partial charge in [0, 0.05) is 31.2 Å². The number of carbonyl (C=O) groups is 1. The zero-order valence-corrected chi connectivity index (χ0v) is 16.0. The summed E-state index contributed by atoms with van der Waals surface area (Å²) in [7, 11) is 0. The summed E-state index contributed by atoms with van der Waals surface area (Å²) in [5.74, 6) is 0.736. The molecule has 1 amide bonds. The van der Waals surface area contributed by atoms with Crippen molar-refractivity contribution in [2.24, 2.45) is 0 Å². The Kier molecular flexibility index (Phi) is 5.10. The van der Waals surface area contributed by atoms with Crippen LogP contribution in [0.4, 0.5) is 0 Å². The summed E-state index contributed by atoms with van der Waals surface area (Å²) < 4.78 is 5.24. The maximum absolute atomic E-state index is 12.8. The van der Waals surface area contributed by atoms with Crippen molar-refractivity contribution in [2.75, 3.05) is 6.54 Å². The number of aryl methyl sites for hydroxylation is 3. The van der Waals surface area contributed by atoms with E-state index in [0.29, 0.717) is 5.56 Å². The van der Waals surface area contributed by atoms with Gasteiger partial charge in [-0.15, -0.1) is 0 Å². The molecule has 1 atom stereocenters. The van der Waals surface area contributed by atoms with E-state index in [1.165, 1.54) is 6.33 Å². The molecular formula is C20H22N6O2. The van der Waals surface area contributed by atoms with E-state index in [0.717, 1.165) is 60.6 Å². The lowest BCUT2D eigenvalue weighted by molar-refractivity contribution is 0.0729. The van der Waals surface area contributed by atoms with Crippen LogP contribution < -0.4 is 0 Å². The summed E-state index contributed by atoms with van der Waals surface area (Å²) >= 11 is 0. The first-order chi connectivity index (χ1) is 13.6. The molecule has 1 saturated heterocycles. The largest absolute Gasteiger partial charge is 0.361 e. The van der Waals surface area contributed by atoms with Crippen LogP contribution in [0.25, 0.3) is 11.3 Å². The number of hydrogen-bond donors (Lipinski definition) is 0. The Bertz CT molecular complexity index is 952. The fraction of sp³-hybridized carbons (Fsp3) is 0.400. The van der Waals surface area contributed by atoms with Gasteiger partial charge in [0.1, 0.15) is 12.1 Å². The zero-order chi connectivity index (χ0) is 19.5. The fourth-order valence-electron chi connectivity index (χ4n) is 3.79. The van der Waals surface area contributed by atoms with Gasteiger partial charge in [0.25, 0.3) is 5.91 Å². The van der Waals surface area contributed by atoms with Gasteiger partial charge < -0.3 is 9.42 Å². The average Bonchev–Trinajstić information content (AvgIpc) is 3.33. The van der Waals surface area contributed by atoms with Crippen LogP contribution in [0.1, 0.15) is 46.8 Å². The van der Waals surface area contributed by atoms with Crippen LogP contribution in [-0.2, 0) is 6.42 Å². The van der Waals surface area contributed by atoms with Gasteiger partial charge in [-0.25, -0.2) is 15.0 Å². The predicted molar refractivity (Wildman–Crippen MR) is 101 cm³/mol. The minimum atomic E-state index is -0.00124. The van der Waals surface area contributed by atoms with Gasteiger partial charge in [0.15, 0.2) is 0 Å². The third-order valence-electron chi connectivity index (χ3n) is 5.15. The molecule has 4 rings (SSSR count). The van der Waals surface area contributed by atoms with Crippen LogP contribution >= 0.6 is 0 Å². The number of nitrogens with zero attached hydrogens (tertiary/aromatic N) is 6. The van der Waals surface area contributed by atoms with Gasteiger partial charge in [-0.3, -0.25) is 9.78 Å². The highest BCUT2D eigenvalue weighted by atomic mass is 16.5. The van der Waals surface area contributed by atoms with E-state index in [2.05, 4.69) is 20.1 Å². The van der Waals surface area contributed by atoms with Crippen molar-refractivity contribution in [2.45, 2.75) is 45.6 Å². The lowest BCUT2D eigenvalue weighted by Gasteiger charge is -2.24. The smallest absolute Gasteiger partial charge is 0.257 e. The molecule has 1 fully saturated rings. The Balaban J connectivity index is 1.46. The average molecular weight is 378 g/mol. The van der Waals surface area contributed by atoms with E-state index in [4.69, 9.17) is 9.51 Å². The van der Waals surface area contributed by atoms with Crippen molar-refractivity contribution in [3.8, 4) is 11.3 Å². The van der Waals surface area contributed by atoms with E-state index in [9.17, 15) is 4.79 Å². The first kappa shape index (κ1) is 18.2. The summed E-state index contributed by atoms with van der Waals surface area (Å²) in [6, 6.07) is 0.192. The highest BCUT2D eigenvalue weighted by Gasteiger charge is 2.29. The van der Waals surface area contributed by atoms with Crippen molar-refractivity contribution >= 4 is 5.91 Å². The Morgan fingerprint density at radius 3 is 2.75 bits per heavy atom. The second kappa shape index (κ2) is 7.84. The Morgan fingerprint density at radius 2 is 2.00 bits per heavy atom. The normalized spacial score (nSPS) is 16.5. The molecule has 0 saturated carbocycles. The lowest BCUT2D eigenvalue weighted by atomic mass is 10.1. The molecule has 4 heterocycles. The maximum Gasteiger partial charge on any atom is 0.257 e. The summed E-state index contributed by atoms with van der Waals surface area (Å²) in [4.78, 5) is 31.7. The minimum Gasteiger partial charge on any atom is -0.361 e. The van der Waals surface area contributed by atoms with Crippen LogP contribution in [-0.4, -0.2) is 48.5 Å². The molecule has 0 radical (unpaired) electrons. The van der Waals surface area contributed by atoms with Gasteiger partial charge in [0.2, 0.25) is 0 Å². The quantitative estimate of drug-likeness (QED) is 0.673. The molecule has 0 aliphatic carbocycles. The van der Waals surface area contributed by atoms with E-state index in [1.54, 1.807) is 24.8 Å². The molecule has 28 heavy (non-hydrogen) atoms. The Labute approximate surface area is 163 Å². The van der Waals surface area contributed by atoms with Crippen LogP contribution in [0.15, 0.2) is 35.6 Å². The topological polar surface area (TPSA) is 97.9 Å². The molecule has 8 heteroatoms. The zero-order valence-electron chi connectivity index (χ0n) is 16.0. The van der Waals surface area contributed by atoms with Crippen molar-refractivity contribution in [1.29, 1.82) is 0 Å². The van der Waals surface area contributed by atoms with Crippen LogP contribution in [0, 0.1) is 13.8 Å². The highest BCUT2D eigenvalue weighted by Crippen LogP contribution is 2.26. The fourth-order valence-corrected chi connectivity index (χ4v) is 3.79. The molecular weight excluding hydrogens is 356 g/mol. The van der Waals surface area contributed by atoms with Crippen molar-refractivity contribution in [3.63, 3.8) is 0 Å². The number of rotatable bonds is 5. The van der Waals surface area contributed by atoms with Crippen LogP contribution in [0.2, 0.25) is 0 Å². The molecule has 0 aromatic carbocycles. The first-order valence-electron chi connectivity index (χ1n) is 9.43. The van der Waals surface area contributed by atoms with E-state index in [-0.39, 0.29) is 11.9 Å². The Morgan fingerprint density at radius 1 is 1.18 bits per heavy atom. The number of hydrogen-bond acceptors (Lipinski definition) is 7. The SMILES string of the molecule is Cc1noc(C)c1-c1cncc(CCC2CCCN2C(=O)c2cncnc2)n1. The standard InChI is InChI=1S/C20H22N6O2/c1-13-19(14(2)28-25-13)18-11-21-10-16(24-18)5-6-17-4-3-7-26(17)20(27)15-8-22-12-23-9-15/h8-12,17H,3-7H2,1-2H3. The molecule has 144 valence electrons. The molecule has 1 aliphatic rings. The van der Waals surface area contributed by atoms with Gasteiger partial charge in [-0.1, -0.05) is 5.16 Å². The van der Waals surface area contributed by atoms with Crippen molar-refractivity contribution in [1.82, 2.24) is 30.0 Å². The Hall–Kier alpha value is -3.16. The summed E-state index contributed by atoms with van der Waals surface area (Å²) in [6.45, 7) is 4.54. The van der Waals surface area contributed by atoms with Crippen molar-refractivity contribution < 1.29 is 9.32 Å². The molecule has 3 aromatic rings. The third kappa shape index (κ3) is 3.62. The number of likely N-dealkylation sites (tertiary alicyclic amines) is 1. The summed E-state index contributed by atoms with van der Waals surface area (Å²) in [5.41, 5.74) is 3.92. The lowest BCUT2D eigenvalue weighted by Crippen LogP contribution is -2.36. The number of aromatic nitrogens is 5. The molecule has 8 nitrogen and oxygen atoms in total.